The van der Waals surface area contributed by atoms with Gasteiger partial charge < -0.3 is 4.79 Å². The molecule has 0 bridgehead atoms. The third kappa shape index (κ3) is 1.66. The van der Waals surface area contributed by atoms with Crippen molar-refractivity contribution in [2.75, 3.05) is 7.05 Å². The van der Waals surface area contributed by atoms with Crippen LogP contribution in [-0.4, -0.2) is 24.5 Å². The summed E-state index contributed by atoms with van der Waals surface area (Å²) in [4.78, 5) is 17.0. The third-order valence-corrected chi connectivity index (χ3v) is 3.25. The Balaban J connectivity index is 2.42. The van der Waals surface area contributed by atoms with Gasteiger partial charge in [0.2, 0.25) is 0 Å². The third-order valence-electron chi connectivity index (χ3n) is 3.25. The molecule has 2 atom stereocenters. The van der Waals surface area contributed by atoms with E-state index < -0.39 is 5.54 Å². The van der Waals surface area contributed by atoms with Crippen molar-refractivity contribution in [2.24, 2.45) is 0 Å². The summed E-state index contributed by atoms with van der Waals surface area (Å²) < 4.78 is 0. The van der Waals surface area contributed by atoms with E-state index in [0.29, 0.717) is 6.42 Å². The Morgan fingerprint density at radius 1 is 1.44 bits per heavy atom. The second kappa shape index (κ2) is 4.00. The summed E-state index contributed by atoms with van der Waals surface area (Å²) in [7, 11) is 1.82. The maximum atomic E-state index is 11.4. The van der Waals surface area contributed by atoms with Crippen LogP contribution in [0.5, 0.6) is 0 Å². The summed E-state index contributed by atoms with van der Waals surface area (Å²) in [5, 5.41) is 1.68. The number of aryl methyl sites for hydroxylation is 1. The molecule has 2 rings (SSSR count). The summed E-state index contributed by atoms with van der Waals surface area (Å²) in [5.41, 5.74) is 1.58. The quantitative estimate of drug-likeness (QED) is 0.713. The fourth-order valence-electron chi connectivity index (χ4n) is 2.30. The first kappa shape index (κ1) is 11.3. The second-order valence-corrected chi connectivity index (χ2v) is 4.53. The molecule has 0 amide bonds. The lowest BCUT2D eigenvalue weighted by Gasteiger charge is -2.28. The van der Waals surface area contributed by atoms with Crippen LogP contribution in [-0.2, 0) is 15.2 Å². The van der Waals surface area contributed by atoms with Gasteiger partial charge in [-0.05, 0) is 19.4 Å². The standard InChI is InChI=1S/C13H17NO2/c1-10-4-6-12(7-5-10)13(9-15)8-11(2)16-14(13)3/h4-7,9,11H,8H2,1-3H3/t11-,13+/m1/s1. The van der Waals surface area contributed by atoms with Gasteiger partial charge in [-0.15, -0.1) is 0 Å². The van der Waals surface area contributed by atoms with Gasteiger partial charge >= 0.3 is 0 Å². The molecule has 16 heavy (non-hydrogen) atoms. The zero-order valence-electron chi connectivity index (χ0n) is 9.93. The number of hydroxylamine groups is 2. The summed E-state index contributed by atoms with van der Waals surface area (Å²) in [6.45, 7) is 4.02. The highest BCUT2D eigenvalue weighted by Gasteiger charge is 2.45. The van der Waals surface area contributed by atoms with E-state index in [1.807, 2.05) is 45.2 Å². The van der Waals surface area contributed by atoms with Gasteiger partial charge in [-0.1, -0.05) is 29.8 Å². The molecule has 0 N–H and O–H groups in total. The monoisotopic (exact) mass is 219 g/mol. The Kier molecular flexibility index (Phi) is 2.82. The Morgan fingerprint density at radius 3 is 2.50 bits per heavy atom. The molecule has 1 saturated heterocycles. The molecule has 0 radical (unpaired) electrons. The molecule has 1 aromatic carbocycles. The van der Waals surface area contributed by atoms with Crippen molar-refractivity contribution in [3.05, 3.63) is 35.4 Å². The molecule has 1 heterocycles. The van der Waals surface area contributed by atoms with E-state index in [0.717, 1.165) is 11.8 Å². The molecule has 0 saturated carbocycles. The minimum atomic E-state index is -0.618. The predicted octanol–water partition coefficient (Wildman–Crippen LogP) is 2.04. The molecule has 1 aliphatic heterocycles. The highest BCUT2D eigenvalue weighted by atomic mass is 16.7. The van der Waals surface area contributed by atoms with Crippen molar-refractivity contribution >= 4 is 6.29 Å². The number of benzene rings is 1. The molecule has 0 aliphatic carbocycles. The van der Waals surface area contributed by atoms with Crippen LogP contribution in [0.3, 0.4) is 0 Å². The first-order valence-corrected chi connectivity index (χ1v) is 5.52. The maximum absolute atomic E-state index is 11.4. The van der Waals surface area contributed by atoms with E-state index in [1.54, 1.807) is 5.06 Å². The molecule has 0 unspecified atom stereocenters. The smallest absolute Gasteiger partial charge is 0.147 e. The van der Waals surface area contributed by atoms with Gasteiger partial charge in [0.1, 0.15) is 11.8 Å². The average Bonchev–Trinajstić information content (AvgIpc) is 2.55. The van der Waals surface area contributed by atoms with Crippen LogP contribution in [0.1, 0.15) is 24.5 Å². The number of carbonyl (C=O) groups is 1. The zero-order valence-corrected chi connectivity index (χ0v) is 9.93. The fraction of sp³-hybridized carbons (Fsp3) is 0.462. The average molecular weight is 219 g/mol. The summed E-state index contributed by atoms with van der Waals surface area (Å²) >= 11 is 0. The van der Waals surface area contributed by atoms with Crippen LogP contribution in [0.2, 0.25) is 0 Å². The molecule has 1 aliphatic rings. The molecule has 1 fully saturated rings. The topological polar surface area (TPSA) is 29.5 Å². The lowest BCUT2D eigenvalue weighted by Crippen LogP contribution is -2.39. The van der Waals surface area contributed by atoms with E-state index >= 15 is 0 Å². The fourth-order valence-corrected chi connectivity index (χ4v) is 2.30. The lowest BCUT2D eigenvalue weighted by molar-refractivity contribution is -0.169. The van der Waals surface area contributed by atoms with Gasteiger partial charge in [0.05, 0.1) is 6.10 Å². The van der Waals surface area contributed by atoms with Crippen molar-refractivity contribution in [1.29, 1.82) is 0 Å². The summed E-state index contributed by atoms with van der Waals surface area (Å²) in [6, 6.07) is 8.05. The van der Waals surface area contributed by atoms with Gasteiger partial charge in [-0.2, -0.15) is 5.06 Å². The Morgan fingerprint density at radius 2 is 2.06 bits per heavy atom. The van der Waals surface area contributed by atoms with Crippen LogP contribution >= 0.6 is 0 Å². The van der Waals surface area contributed by atoms with Crippen LogP contribution in [0.15, 0.2) is 24.3 Å². The minimum absolute atomic E-state index is 0.0801. The van der Waals surface area contributed by atoms with E-state index in [1.165, 1.54) is 5.56 Å². The second-order valence-electron chi connectivity index (χ2n) is 4.53. The van der Waals surface area contributed by atoms with Gasteiger partial charge in [0.15, 0.2) is 0 Å². The van der Waals surface area contributed by atoms with Crippen LogP contribution < -0.4 is 0 Å². The first-order chi connectivity index (χ1) is 7.58. The number of likely N-dealkylation sites (N-methyl/N-ethyl adjacent to an activating group) is 1. The molecule has 0 spiro atoms. The van der Waals surface area contributed by atoms with E-state index in [2.05, 4.69) is 0 Å². The highest BCUT2D eigenvalue weighted by molar-refractivity contribution is 5.68. The van der Waals surface area contributed by atoms with E-state index in [9.17, 15) is 4.79 Å². The first-order valence-electron chi connectivity index (χ1n) is 5.52. The van der Waals surface area contributed by atoms with Crippen LogP contribution in [0.25, 0.3) is 0 Å². The van der Waals surface area contributed by atoms with Crippen molar-refractivity contribution < 1.29 is 9.63 Å². The Labute approximate surface area is 96.0 Å². The molecular weight excluding hydrogens is 202 g/mol. The summed E-state index contributed by atoms with van der Waals surface area (Å²) in [6.07, 6.45) is 1.77. The number of rotatable bonds is 2. The molecular formula is C13H17NO2. The maximum Gasteiger partial charge on any atom is 0.147 e. The van der Waals surface area contributed by atoms with Crippen molar-refractivity contribution in [3.63, 3.8) is 0 Å². The normalized spacial score (nSPS) is 30.6. The minimum Gasteiger partial charge on any atom is -0.301 e. The largest absolute Gasteiger partial charge is 0.301 e. The lowest BCUT2D eigenvalue weighted by atomic mass is 9.86. The predicted molar refractivity (Wildman–Crippen MR) is 61.8 cm³/mol. The molecule has 3 nitrogen and oxygen atoms in total. The van der Waals surface area contributed by atoms with Gasteiger partial charge in [-0.3, -0.25) is 4.84 Å². The zero-order chi connectivity index (χ0) is 11.8. The number of nitrogens with zero attached hydrogens (tertiary/aromatic N) is 1. The molecule has 1 aromatic rings. The SMILES string of the molecule is Cc1ccc([C@@]2(C=O)C[C@@H](C)ON2C)cc1. The Hall–Kier alpha value is -1.19. The van der Waals surface area contributed by atoms with Gasteiger partial charge in [0.25, 0.3) is 0 Å². The Bertz CT molecular complexity index is 387. The van der Waals surface area contributed by atoms with E-state index in [4.69, 9.17) is 4.84 Å². The number of hydrogen-bond acceptors (Lipinski definition) is 3. The van der Waals surface area contributed by atoms with Crippen molar-refractivity contribution in [3.8, 4) is 0 Å². The highest BCUT2D eigenvalue weighted by Crippen LogP contribution is 2.37. The number of carbonyl (C=O) groups excluding carboxylic acids is 1. The number of aldehydes is 1. The summed E-state index contributed by atoms with van der Waals surface area (Å²) in [5.74, 6) is 0. The van der Waals surface area contributed by atoms with Crippen molar-refractivity contribution in [2.45, 2.75) is 31.9 Å². The molecule has 86 valence electrons. The van der Waals surface area contributed by atoms with Crippen molar-refractivity contribution in [1.82, 2.24) is 5.06 Å². The van der Waals surface area contributed by atoms with E-state index in [-0.39, 0.29) is 6.10 Å². The van der Waals surface area contributed by atoms with Crippen LogP contribution in [0.4, 0.5) is 0 Å². The molecule has 3 heteroatoms. The van der Waals surface area contributed by atoms with Crippen LogP contribution in [0, 0.1) is 6.92 Å². The van der Waals surface area contributed by atoms with Gasteiger partial charge in [0, 0.05) is 13.5 Å². The number of hydrogen-bond donors (Lipinski definition) is 0. The molecule has 0 aromatic heterocycles. The van der Waals surface area contributed by atoms with Gasteiger partial charge in [-0.25, -0.2) is 0 Å².